The van der Waals surface area contributed by atoms with Gasteiger partial charge in [-0.25, -0.2) is 0 Å². The summed E-state index contributed by atoms with van der Waals surface area (Å²) in [4.78, 5) is 2.02. The lowest BCUT2D eigenvalue weighted by molar-refractivity contribution is 0.487. The number of aromatic nitrogens is 2. The smallest absolute Gasteiger partial charge is 0.169 e. The van der Waals surface area contributed by atoms with E-state index in [0.717, 1.165) is 34.5 Å². The molecule has 118 valence electrons. The molecule has 0 spiro atoms. The van der Waals surface area contributed by atoms with Gasteiger partial charge in [-0.05, 0) is 43.8 Å². The summed E-state index contributed by atoms with van der Waals surface area (Å²) in [6, 6.07) is 7.75. The molecule has 1 aromatic heterocycles. The van der Waals surface area contributed by atoms with Crippen LogP contribution in [0.25, 0.3) is 0 Å². The predicted octanol–water partition coefficient (Wildman–Crippen LogP) is 3.37. The first kappa shape index (κ1) is 16.8. The Morgan fingerprint density at radius 2 is 2.05 bits per heavy atom. The molecule has 0 atom stereocenters. The van der Waals surface area contributed by atoms with E-state index in [1.165, 1.54) is 5.56 Å². The van der Waals surface area contributed by atoms with Crippen LogP contribution in [0.4, 0.5) is 0 Å². The molecule has 0 saturated carbocycles. The van der Waals surface area contributed by atoms with E-state index in [9.17, 15) is 0 Å². The molecule has 1 N–H and O–H groups in total. The van der Waals surface area contributed by atoms with E-state index in [-0.39, 0.29) is 0 Å². The van der Waals surface area contributed by atoms with Gasteiger partial charge in [0.05, 0.1) is 5.69 Å². The van der Waals surface area contributed by atoms with Gasteiger partial charge in [-0.15, -0.1) is 0 Å². The Morgan fingerprint density at radius 3 is 2.64 bits per heavy atom. The molecule has 0 fully saturated rings. The van der Waals surface area contributed by atoms with Crippen molar-refractivity contribution in [3.05, 3.63) is 52.3 Å². The average Bonchev–Trinajstić information content (AvgIpc) is 2.86. The molecule has 0 aliphatic rings. The number of rotatable bonds is 5. The second-order valence-corrected chi connectivity index (χ2v) is 6.06. The minimum atomic E-state index is 0.688. The Labute approximate surface area is 142 Å². The van der Waals surface area contributed by atoms with Crippen molar-refractivity contribution in [1.82, 2.24) is 20.0 Å². The summed E-state index contributed by atoms with van der Waals surface area (Å²) in [6.07, 6.45) is 2.08. The first-order chi connectivity index (χ1) is 10.5. The van der Waals surface area contributed by atoms with E-state index in [1.807, 2.05) is 47.8 Å². The van der Waals surface area contributed by atoms with Crippen LogP contribution in [-0.2, 0) is 19.6 Å². The molecule has 4 nitrogen and oxygen atoms in total. The van der Waals surface area contributed by atoms with Gasteiger partial charge in [0.25, 0.3) is 0 Å². The summed E-state index contributed by atoms with van der Waals surface area (Å²) < 4.78 is 1.95. The van der Waals surface area contributed by atoms with Crippen LogP contribution in [0.15, 0.2) is 30.5 Å². The van der Waals surface area contributed by atoms with E-state index >= 15 is 0 Å². The number of nitrogens with one attached hydrogen (secondary N) is 1. The highest BCUT2D eigenvalue weighted by Crippen LogP contribution is 2.10. The average molecular weight is 337 g/mol. The monoisotopic (exact) mass is 336 g/mol. The zero-order chi connectivity index (χ0) is 16.1. The number of hydrogen-bond acceptors (Lipinski definition) is 2. The topological polar surface area (TPSA) is 33.1 Å². The maximum atomic E-state index is 5.88. The summed E-state index contributed by atoms with van der Waals surface area (Å²) in [6.45, 7) is 6.42. The highest BCUT2D eigenvalue weighted by Gasteiger charge is 2.09. The molecule has 0 amide bonds. The molecule has 0 aliphatic heterocycles. The molecule has 0 bridgehead atoms. The van der Waals surface area contributed by atoms with Crippen molar-refractivity contribution in [1.29, 1.82) is 0 Å². The first-order valence-electron chi connectivity index (χ1n) is 7.26. The fourth-order valence-electron chi connectivity index (χ4n) is 2.12. The second kappa shape index (κ2) is 7.61. The number of nitrogens with zero attached hydrogens (tertiary/aromatic N) is 3. The fourth-order valence-corrected chi connectivity index (χ4v) is 2.38. The van der Waals surface area contributed by atoms with E-state index in [2.05, 4.69) is 23.5 Å². The van der Waals surface area contributed by atoms with Crippen molar-refractivity contribution in [2.75, 3.05) is 7.05 Å². The highest BCUT2D eigenvalue weighted by atomic mass is 35.5. The molecule has 2 aromatic rings. The number of halogens is 1. The Hall–Kier alpha value is -1.59. The molecule has 1 heterocycles. The molecule has 6 heteroatoms. The van der Waals surface area contributed by atoms with Gasteiger partial charge in [-0.2, -0.15) is 5.10 Å². The van der Waals surface area contributed by atoms with Crippen molar-refractivity contribution in [3.63, 3.8) is 0 Å². The van der Waals surface area contributed by atoms with Crippen LogP contribution in [-0.4, -0.2) is 26.8 Å². The van der Waals surface area contributed by atoms with Gasteiger partial charge in [0.15, 0.2) is 5.11 Å². The summed E-state index contributed by atoms with van der Waals surface area (Å²) in [7, 11) is 1.99. The number of benzene rings is 1. The van der Waals surface area contributed by atoms with Crippen molar-refractivity contribution >= 4 is 28.9 Å². The van der Waals surface area contributed by atoms with Crippen LogP contribution in [0.3, 0.4) is 0 Å². The van der Waals surface area contributed by atoms with Gasteiger partial charge in [-0.1, -0.05) is 23.7 Å². The normalized spacial score (nSPS) is 10.5. The second-order valence-electron chi connectivity index (χ2n) is 5.24. The predicted molar refractivity (Wildman–Crippen MR) is 95.0 cm³/mol. The van der Waals surface area contributed by atoms with E-state index in [1.54, 1.807) is 0 Å². The number of thiocarbonyl (C=S) groups is 1. The third-order valence-corrected chi connectivity index (χ3v) is 4.19. The Kier molecular flexibility index (Phi) is 5.80. The zero-order valence-corrected chi connectivity index (χ0v) is 14.7. The fraction of sp³-hybridized carbons (Fsp3) is 0.375. The Bertz CT molecular complexity index is 636. The largest absolute Gasteiger partial charge is 0.358 e. The van der Waals surface area contributed by atoms with Crippen molar-refractivity contribution in [2.24, 2.45) is 0 Å². The van der Waals surface area contributed by atoms with Crippen molar-refractivity contribution in [2.45, 2.75) is 33.5 Å². The molecule has 1 aromatic carbocycles. The zero-order valence-electron chi connectivity index (χ0n) is 13.1. The van der Waals surface area contributed by atoms with Crippen LogP contribution < -0.4 is 5.32 Å². The van der Waals surface area contributed by atoms with Crippen LogP contribution in [0, 0.1) is 6.92 Å². The van der Waals surface area contributed by atoms with Gasteiger partial charge in [0.1, 0.15) is 0 Å². The van der Waals surface area contributed by atoms with Gasteiger partial charge >= 0.3 is 0 Å². The van der Waals surface area contributed by atoms with Crippen LogP contribution >= 0.6 is 23.8 Å². The SMILES string of the molecule is CCn1cc(CN(C)C(=S)NCc2ccc(Cl)cc2)c(C)n1. The lowest BCUT2D eigenvalue weighted by Crippen LogP contribution is -2.36. The van der Waals surface area contributed by atoms with Gasteiger partial charge < -0.3 is 10.2 Å². The molecule has 22 heavy (non-hydrogen) atoms. The highest BCUT2D eigenvalue weighted by molar-refractivity contribution is 7.80. The Balaban J connectivity index is 1.88. The summed E-state index contributed by atoms with van der Waals surface area (Å²) in [5.74, 6) is 0. The van der Waals surface area contributed by atoms with Crippen molar-refractivity contribution < 1.29 is 0 Å². The lowest BCUT2D eigenvalue weighted by atomic mass is 10.2. The minimum Gasteiger partial charge on any atom is -0.358 e. The van der Waals surface area contributed by atoms with Gasteiger partial charge in [0.2, 0.25) is 0 Å². The molecule has 2 rings (SSSR count). The van der Waals surface area contributed by atoms with Crippen LogP contribution in [0.1, 0.15) is 23.7 Å². The minimum absolute atomic E-state index is 0.688. The third-order valence-electron chi connectivity index (χ3n) is 3.48. The molecular formula is C16H21ClN4S. The number of hydrogen-bond donors (Lipinski definition) is 1. The lowest BCUT2D eigenvalue weighted by Gasteiger charge is -2.20. The van der Waals surface area contributed by atoms with Gasteiger partial charge in [0, 0.05) is 43.5 Å². The number of aryl methyl sites for hydroxylation is 2. The van der Waals surface area contributed by atoms with Crippen LogP contribution in [0.2, 0.25) is 5.02 Å². The maximum Gasteiger partial charge on any atom is 0.169 e. The third kappa shape index (κ3) is 4.45. The summed E-state index contributed by atoms with van der Waals surface area (Å²) >= 11 is 11.3. The Morgan fingerprint density at radius 1 is 1.36 bits per heavy atom. The summed E-state index contributed by atoms with van der Waals surface area (Å²) in [5.41, 5.74) is 3.39. The van der Waals surface area contributed by atoms with Crippen molar-refractivity contribution in [3.8, 4) is 0 Å². The quantitative estimate of drug-likeness (QED) is 0.849. The molecule has 0 unspecified atom stereocenters. The first-order valence-corrected chi connectivity index (χ1v) is 8.04. The van der Waals surface area contributed by atoms with E-state index in [4.69, 9.17) is 23.8 Å². The summed E-state index contributed by atoms with van der Waals surface area (Å²) in [5, 5.41) is 9.19. The molecule has 0 saturated heterocycles. The molecular weight excluding hydrogens is 316 g/mol. The molecule has 0 radical (unpaired) electrons. The van der Waals surface area contributed by atoms with Crippen LogP contribution in [0.5, 0.6) is 0 Å². The standard InChI is InChI=1S/C16H21ClN4S/c1-4-21-11-14(12(2)19-21)10-20(3)16(22)18-9-13-5-7-15(17)8-6-13/h5-8,11H,4,9-10H2,1-3H3,(H,18,22). The van der Waals surface area contributed by atoms with E-state index < -0.39 is 0 Å². The van der Waals surface area contributed by atoms with Gasteiger partial charge in [-0.3, -0.25) is 4.68 Å². The molecule has 0 aliphatic carbocycles. The van der Waals surface area contributed by atoms with E-state index in [0.29, 0.717) is 6.54 Å². The maximum absolute atomic E-state index is 5.88.